The summed E-state index contributed by atoms with van der Waals surface area (Å²) in [5.74, 6) is -0.0696. The molecule has 2 atom stereocenters. The summed E-state index contributed by atoms with van der Waals surface area (Å²) in [6, 6.07) is 10.3. The van der Waals surface area contributed by atoms with E-state index < -0.39 is 5.41 Å². The van der Waals surface area contributed by atoms with E-state index in [1.54, 1.807) is 4.90 Å². The Balaban J connectivity index is 2.22. The Morgan fingerprint density at radius 3 is 2.94 bits per heavy atom. The lowest BCUT2D eigenvalue weighted by atomic mass is 9.63. The van der Waals surface area contributed by atoms with Crippen molar-refractivity contribution >= 4 is 11.6 Å². The molecule has 2 aliphatic rings. The van der Waals surface area contributed by atoms with Gasteiger partial charge in [-0.05, 0) is 24.5 Å². The molecule has 92 valence electrons. The van der Waals surface area contributed by atoms with Crippen molar-refractivity contribution in [3.05, 3.63) is 29.8 Å². The zero-order valence-electron chi connectivity index (χ0n) is 10.5. The highest BCUT2D eigenvalue weighted by molar-refractivity contribution is 6.08. The molecule has 0 N–H and O–H groups in total. The molecule has 1 spiro atoms. The lowest BCUT2D eigenvalue weighted by Crippen LogP contribution is -2.46. The van der Waals surface area contributed by atoms with Crippen LogP contribution in [0, 0.1) is 17.2 Å². The molecule has 3 rings (SSSR count). The summed E-state index contributed by atoms with van der Waals surface area (Å²) in [5, 5.41) is 9.43. The second-order valence-electron chi connectivity index (χ2n) is 5.28. The van der Waals surface area contributed by atoms with Crippen LogP contribution in [0.4, 0.5) is 5.69 Å². The summed E-state index contributed by atoms with van der Waals surface area (Å²) in [7, 11) is 1.82. The minimum atomic E-state index is -0.571. The maximum Gasteiger partial charge on any atom is 0.238 e. The van der Waals surface area contributed by atoms with E-state index in [0.717, 1.165) is 36.9 Å². The van der Waals surface area contributed by atoms with Crippen LogP contribution in [0.25, 0.3) is 0 Å². The van der Waals surface area contributed by atoms with E-state index in [0.29, 0.717) is 0 Å². The summed E-state index contributed by atoms with van der Waals surface area (Å²) >= 11 is 0. The van der Waals surface area contributed by atoms with Gasteiger partial charge in [-0.15, -0.1) is 0 Å². The van der Waals surface area contributed by atoms with Gasteiger partial charge in [0.15, 0.2) is 0 Å². The van der Waals surface area contributed by atoms with E-state index >= 15 is 0 Å². The largest absolute Gasteiger partial charge is 0.314 e. The van der Waals surface area contributed by atoms with Gasteiger partial charge in [0, 0.05) is 12.7 Å². The number of benzene rings is 1. The van der Waals surface area contributed by atoms with Crippen LogP contribution in [0.3, 0.4) is 0 Å². The van der Waals surface area contributed by atoms with Gasteiger partial charge in [0.1, 0.15) is 0 Å². The molecule has 18 heavy (non-hydrogen) atoms. The molecule has 1 aromatic rings. The number of nitriles is 1. The number of amides is 1. The van der Waals surface area contributed by atoms with Gasteiger partial charge < -0.3 is 4.90 Å². The fraction of sp³-hybridized carbons (Fsp3) is 0.467. The number of nitrogens with zero attached hydrogens (tertiary/aromatic N) is 2. The predicted octanol–water partition coefficient (Wildman–Crippen LogP) is 2.61. The molecule has 3 nitrogen and oxygen atoms in total. The highest BCUT2D eigenvalue weighted by Crippen LogP contribution is 2.52. The molecule has 0 unspecified atom stereocenters. The Morgan fingerprint density at radius 2 is 2.17 bits per heavy atom. The molecule has 0 bridgehead atoms. The van der Waals surface area contributed by atoms with Crippen LogP contribution in [-0.2, 0) is 10.2 Å². The Labute approximate surface area is 107 Å². The standard InChI is InChI=1S/C15H16N2O/c1-17-13-8-3-2-7-12(13)15(14(17)18)9-5-4-6-11(15)10-16/h2-3,7-8,11H,4-6,9H2,1H3/t11-,15+/m0/s1. The quantitative estimate of drug-likeness (QED) is 0.699. The smallest absolute Gasteiger partial charge is 0.238 e. The number of para-hydroxylation sites is 1. The van der Waals surface area contributed by atoms with Crippen LogP contribution in [0.2, 0.25) is 0 Å². The third-order valence-corrected chi connectivity index (χ3v) is 4.50. The molecular formula is C15H16N2O. The number of rotatable bonds is 0. The van der Waals surface area contributed by atoms with Gasteiger partial charge in [-0.1, -0.05) is 31.0 Å². The number of hydrogen-bond donors (Lipinski definition) is 0. The summed E-state index contributed by atoms with van der Waals surface area (Å²) in [6.45, 7) is 0. The summed E-state index contributed by atoms with van der Waals surface area (Å²) < 4.78 is 0. The summed E-state index contributed by atoms with van der Waals surface area (Å²) in [5.41, 5.74) is 1.46. The van der Waals surface area contributed by atoms with Crippen molar-refractivity contribution in [2.24, 2.45) is 5.92 Å². The number of anilines is 1. The van der Waals surface area contributed by atoms with Crippen molar-refractivity contribution in [2.75, 3.05) is 11.9 Å². The topological polar surface area (TPSA) is 44.1 Å². The first kappa shape index (κ1) is 11.3. The van der Waals surface area contributed by atoms with Gasteiger partial charge in [0.05, 0.1) is 17.4 Å². The predicted molar refractivity (Wildman–Crippen MR) is 69.1 cm³/mol. The van der Waals surface area contributed by atoms with Crippen molar-refractivity contribution < 1.29 is 4.79 Å². The lowest BCUT2D eigenvalue weighted by Gasteiger charge is -2.36. The number of fused-ring (bicyclic) bond motifs is 2. The number of carbonyl (C=O) groups excluding carboxylic acids is 1. The number of hydrogen-bond acceptors (Lipinski definition) is 2. The van der Waals surface area contributed by atoms with E-state index in [1.165, 1.54) is 0 Å². The first-order chi connectivity index (χ1) is 8.71. The minimum absolute atomic E-state index is 0.106. The van der Waals surface area contributed by atoms with Gasteiger partial charge in [-0.25, -0.2) is 0 Å². The number of carbonyl (C=O) groups is 1. The highest BCUT2D eigenvalue weighted by Gasteiger charge is 2.55. The van der Waals surface area contributed by atoms with Gasteiger partial charge in [-0.2, -0.15) is 5.26 Å². The van der Waals surface area contributed by atoms with Gasteiger partial charge in [-0.3, -0.25) is 4.79 Å². The van der Waals surface area contributed by atoms with E-state index in [1.807, 2.05) is 31.3 Å². The van der Waals surface area contributed by atoms with Crippen molar-refractivity contribution in [2.45, 2.75) is 31.1 Å². The van der Waals surface area contributed by atoms with Gasteiger partial charge >= 0.3 is 0 Å². The van der Waals surface area contributed by atoms with Crippen molar-refractivity contribution in [3.63, 3.8) is 0 Å². The van der Waals surface area contributed by atoms with Crippen molar-refractivity contribution in [1.82, 2.24) is 0 Å². The molecule has 1 aliphatic heterocycles. The second kappa shape index (κ2) is 3.84. The summed E-state index contributed by atoms with van der Waals surface area (Å²) in [6.07, 6.45) is 3.74. The summed E-state index contributed by atoms with van der Waals surface area (Å²) in [4.78, 5) is 14.4. The Hall–Kier alpha value is -1.82. The average Bonchev–Trinajstić information content (AvgIpc) is 2.64. The third kappa shape index (κ3) is 1.21. The minimum Gasteiger partial charge on any atom is -0.314 e. The molecule has 1 amide bonds. The van der Waals surface area contributed by atoms with Crippen LogP contribution in [0.5, 0.6) is 0 Å². The Kier molecular flexibility index (Phi) is 2.41. The lowest BCUT2D eigenvalue weighted by molar-refractivity contribution is -0.125. The van der Waals surface area contributed by atoms with Gasteiger partial charge in [0.25, 0.3) is 0 Å². The van der Waals surface area contributed by atoms with E-state index in [2.05, 4.69) is 6.07 Å². The molecule has 1 saturated carbocycles. The fourth-order valence-corrected chi connectivity index (χ4v) is 3.59. The molecule has 0 saturated heterocycles. The third-order valence-electron chi connectivity index (χ3n) is 4.50. The van der Waals surface area contributed by atoms with Crippen LogP contribution >= 0.6 is 0 Å². The number of likely N-dealkylation sites (N-methyl/N-ethyl adjacent to an activating group) is 1. The van der Waals surface area contributed by atoms with Crippen molar-refractivity contribution in [1.29, 1.82) is 5.26 Å². The molecule has 1 fully saturated rings. The molecular weight excluding hydrogens is 224 g/mol. The van der Waals surface area contributed by atoms with Crippen LogP contribution in [0.1, 0.15) is 31.2 Å². The average molecular weight is 240 g/mol. The zero-order chi connectivity index (χ0) is 12.8. The monoisotopic (exact) mass is 240 g/mol. The maximum absolute atomic E-state index is 12.7. The van der Waals surface area contributed by atoms with Crippen molar-refractivity contribution in [3.8, 4) is 6.07 Å². The van der Waals surface area contributed by atoms with E-state index in [-0.39, 0.29) is 11.8 Å². The van der Waals surface area contributed by atoms with Crippen LogP contribution < -0.4 is 4.90 Å². The zero-order valence-corrected chi connectivity index (χ0v) is 10.5. The van der Waals surface area contributed by atoms with Crippen LogP contribution in [-0.4, -0.2) is 13.0 Å². The van der Waals surface area contributed by atoms with E-state index in [9.17, 15) is 10.1 Å². The SMILES string of the molecule is CN1C(=O)[C@@]2(CCCC[C@H]2C#N)c2ccccc21. The Morgan fingerprint density at radius 1 is 1.39 bits per heavy atom. The molecule has 1 aromatic carbocycles. The second-order valence-corrected chi connectivity index (χ2v) is 5.28. The van der Waals surface area contributed by atoms with E-state index in [4.69, 9.17) is 0 Å². The van der Waals surface area contributed by atoms with Crippen LogP contribution in [0.15, 0.2) is 24.3 Å². The fourth-order valence-electron chi connectivity index (χ4n) is 3.59. The molecule has 1 aliphatic carbocycles. The highest BCUT2D eigenvalue weighted by atomic mass is 16.2. The first-order valence-corrected chi connectivity index (χ1v) is 6.49. The molecule has 0 radical (unpaired) electrons. The first-order valence-electron chi connectivity index (χ1n) is 6.49. The molecule has 3 heteroatoms. The Bertz CT molecular complexity index is 546. The maximum atomic E-state index is 12.7. The molecule has 1 heterocycles. The van der Waals surface area contributed by atoms with Gasteiger partial charge in [0.2, 0.25) is 5.91 Å². The molecule has 0 aromatic heterocycles. The normalized spacial score (nSPS) is 30.3.